The first-order chi connectivity index (χ1) is 7.72. The second-order valence-corrected chi connectivity index (χ2v) is 5.72. The van der Waals surface area contributed by atoms with Crippen LogP contribution in [0.4, 0.5) is 0 Å². The summed E-state index contributed by atoms with van der Waals surface area (Å²) in [6.45, 7) is 9.97. The summed E-state index contributed by atoms with van der Waals surface area (Å²) >= 11 is 0. The lowest BCUT2D eigenvalue weighted by molar-refractivity contribution is 0.138. The van der Waals surface area contributed by atoms with Crippen molar-refractivity contribution >= 4 is 0 Å². The van der Waals surface area contributed by atoms with Crippen molar-refractivity contribution in [3.63, 3.8) is 0 Å². The van der Waals surface area contributed by atoms with Crippen LogP contribution in [0.1, 0.15) is 46.0 Å². The second-order valence-electron chi connectivity index (χ2n) is 5.72. The summed E-state index contributed by atoms with van der Waals surface area (Å²) in [4.78, 5) is 2.68. The summed E-state index contributed by atoms with van der Waals surface area (Å²) in [6.07, 6.45) is 6.95. The smallest absolute Gasteiger partial charge is 0.000724 e. The third-order valence-electron chi connectivity index (χ3n) is 3.60. The van der Waals surface area contributed by atoms with E-state index in [1.165, 1.54) is 58.3 Å². The molecule has 2 nitrogen and oxygen atoms in total. The van der Waals surface area contributed by atoms with E-state index in [1.807, 2.05) is 7.05 Å². The lowest BCUT2D eigenvalue weighted by Gasteiger charge is -2.34. The molecule has 1 saturated heterocycles. The largest absolute Gasteiger partial charge is 0.320 e. The van der Waals surface area contributed by atoms with Gasteiger partial charge in [-0.25, -0.2) is 0 Å². The quantitative estimate of drug-likeness (QED) is 0.672. The summed E-state index contributed by atoms with van der Waals surface area (Å²) < 4.78 is 0. The van der Waals surface area contributed by atoms with E-state index in [9.17, 15) is 0 Å². The van der Waals surface area contributed by atoms with Gasteiger partial charge in [-0.1, -0.05) is 26.7 Å². The highest BCUT2D eigenvalue weighted by Gasteiger charge is 2.20. The lowest BCUT2D eigenvalue weighted by Crippen LogP contribution is -2.39. The molecule has 0 aromatic rings. The van der Waals surface area contributed by atoms with Crippen LogP contribution in [-0.4, -0.2) is 38.1 Å². The highest BCUT2D eigenvalue weighted by Crippen LogP contribution is 2.21. The first-order valence-corrected chi connectivity index (χ1v) is 7.09. The first kappa shape index (κ1) is 14.0. The molecule has 1 aliphatic rings. The van der Waals surface area contributed by atoms with Gasteiger partial charge in [-0.2, -0.15) is 0 Å². The maximum Gasteiger partial charge on any atom is 0.000724 e. The Morgan fingerprint density at radius 3 is 2.25 bits per heavy atom. The molecule has 0 radical (unpaired) electrons. The Morgan fingerprint density at radius 2 is 1.62 bits per heavy atom. The minimum Gasteiger partial charge on any atom is -0.320 e. The van der Waals surface area contributed by atoms with Gasteiger partial charge in [-0.15, -0.1) is 0 Å². The molecule has 2 atom stereocenters. The van der Waals surface area contributed by atoms with Gasteiger partial charge in [0.25, 0.3) is 0 Å². The summed E-state index contributed by atoms with van der Waals surface area (Å²) in [5, 5.41) is 3.21. The van der Waals surface area contributed by atoms with Crippen LogP contribution in [0, 0.1) is 11.8 Å². The van der Waals surface area contributed by atoms with Crippen LogP contribution in [0.15, 0.2) is 0 Å². The monoisotopic (exact) mass is 226 g/mol. The molecule has 0 spiro atoms. The molecule has 1 rings (SSSR count). The van der Waals surface area contributed by atoms with Crippen LogP contribution in [0.2, 0.25) is 0 Å². The number of rotatable bonds is 7. The van der Waals surface area contributed by atoms with Gasteiger partial charge in [0.2, 0.25) is 0 Å². The van der Waals surface area contributed by atoms with Crippen molar-refractivity contribution in [3.05, 3.63) is 0 Å². The van der Waals surface area contributed by atoms with E-state index < -0.39 is 0 Å². The number of hydrogen-bond acceptors (Lipinski definition) is 2. The number of unbranched alkanes of at least 4 members (excludes halogenated alkanes) is 3. The predicted molar refractivity (Wildman–Crippen MR) is 71.8 cm³/mol. The number of nitrogens with zero attached hydrogens (tertiary/aromatic N) is 1. The number of likely N-dealkylation sites (tertiary alicyclic amines) is 1. The normalized spacial score (nSPS) is 27.2. The fourth-order valence-corrected chi connectivity index (χ4v) is 2.97. The van der Waals surface area contributed by atoms with Crippen LogP contribution < -0.4 is 5.32 Å². The predicted octanol–water partition coefficient (Wildman–Crippen LogP) is 2.74. The molecule has 16 heavy (non-hydrogen) atoms. The molecule has 0 aliphatic carbocycles. The van der Waals surface area contributed by atoms with Crippen LogP contribution >= 0.6 is 0 Å². The molecule has 2 unspecified atom stereocenters. The van der Waals surface area contributed by atoms with E-state index in [4.69, 9.17) is 0 Å². The van der Waals surface area contributed by atoms with Gasteiger partial charge in [-0.05, 0) is 51.2 Å². The molecular weight excluding hydrogens is 196 g/mol. The van der Waals surface area contributed by atoms with Gasteiger partial charge in [-0.3, -0.25) is 0 Å². The van der Waals surface area contributed by atoms with Crippen LogP contribution in [0.5, 0.6) is 0 Å². The van der Waals surface area contributed by atoms with Crippen LogP contribution in [-0.2, 0) is 0 Å². The van der Waals surface area contributed by atoms with Crippen molar-refractivity contribution in [1.82, 2.24) is 10.2 Å². The van der Waals surface area contributed by atoms with Crippen molar-refractivity contribution in [3.8, 4) is 0 Å². The van der Waals surface area contributed by atoms with E-state index in [2.05, 4.69) is 24.1 Å². The molecule has 1 N–H and O–H groups in total. The average Bonchev–Trinajstić information content (AvgIpc) is 2.22. The van der Waals surface area contributed by atoms with Gasteiger partial charge in [0.15, 0.2) is 0 Å². The maximum atomic E-state index is 3.21. The summed E-state index contributed by atoms with van der Waals surface area (Å²) in [5.41, 5.74) is 0. The zero-order chi connectivity index (χ0) is 11.8. The molecule has 2 heteroatoms. The summed E-state index contributed by atoms with van der Waals surface area (Å²) in [5.74, 6) is 1.82. The topological polar surface area (TPSA) is 15.3 Å². The number of nitrogens with one attached hydrogen (secondary N) is 1. The molecular formula is C14H30N2. The maximum absolute atomic E-state index is 3.21. The Bertz CT molecular complexity index is 160. The third kappa shape index (κ3) is 5.86. The molecule has 0 aromatic heterocycles. The fraction of sp³-hybridized carbons (Fsp3) is 1.00. The summed E-state index contributed by atoms with van der Waals surface area (Å²) in [7, 11) is 2.04. The number of piperidine rings is 1. The standard InChI is InChI=1S/C14H30N2/c1-13-10-14(2)12-16(11-13)9-7-5-4-6-8-15-3/h13-15H,4-12H2,1-3H3. The van der Waals surface area contributed by atoms with Gasteiger partial charge in [0, 0.05) is 13.1 Å². The Balaban J connectivity index is 1.99. The minimum absolute atomic E-state index is 0.910. The Hall–Kier alpha value is -0.0800. The zero-order valence-corrected chi connectivity index (χ0v) is 11.5. The number of hydrogen-bond donors (Lipinski definition) is 1. The van der Waals surface area contributed by atoms with E-state index in [0.29, 0.717) is 0 Å². The van der Waals surface area contributed by atoms with Crippen molar-refractivity contribution < 1.29 is 0 Å². The molecule has 1 aliphatic heterocycles. The van der Waals surface area contributed by atoms with Crippen LogP contribution in [0.3, 0.4) is 0 Å². The molecule has 1 fully saturated rings. The third-order valence-corrected chi connectivity index (χ3v) is 3.60. The molecule has 0 amide bonds. The van der Waals surface area contributed by atoms with E-state index >= 15 is 0 Å². The first-order valence-electron chi connectivity index (χ1n) is 7.09. The van der Waals surface area contributed by atoms with Gasteiger partial charge in [0.05, 0.1) is 0 Å². The SMILES string of the molecule is CNCCCCCCN1CC(C)CC(C)C1. The Labute approximate surface area is 102 Å². The van der Waals surface area contributed by atoms with E-state index in [1.54, 1.807) is 0 Å². The van der Waals surface area contributed by atoms with Crippen molar-refractivity contribution in [2.24, 2.45) is 11.8 Å². The Morgan fingerprint density at radius 1 is 1.00 bits per heavy atom. The highest BCUT2D eigenvalue weighted by molar-refractivity contribution is 4.74. The van der Waals surface area contributed by atoms with Crippen molar-refractivity contribution in [2.45, 2.75) is 46.0 Å². The molecule has 0 aromatic carbocycles. The van der Waals surface area contributed by atoms with Crippen LogP contribution in [0.25, 0.3) is 0 Å². The molecule has 0 bridgehead atoms. The van der Waals surface area contributed by atoms with Crippen molar-refractivity contribution in [1.29, 1.82) is 0 Å². The van der Waals surface area contributed by atoms with Gasteiger partial charge >= 0.3 is 0 Å². The molecule has 1 heterocycles. The van der Waals surface area contributed by atoms with Gasteiger partial charge < -0.3 is 10.2 Å². The minimum atomic E-state index is 0.910. The zero-order valence-electron chi connectivity index (χ0n) is 11.5. The fourth-order valence-electron chi connectivity index (χ4n) is 2.97. The molecule has 96 valence electrons. The highest BCUT2D eigenvalue weighted by atomic mass is 15.1. The van der Waals surface area contributed by atoms with Gasteiger partial charge in [0.1, 0.15) is 0 Å². The second kappa shape index (κ2) is 8.08. The Kier molecular flexibility index (Phi) is 7.06. The lowest BCUT2D eigenvalue weighted by atomic mass is 9.92. The van der Waals surface area contributed by atoms with E-state index in [0.717, 1.165) is 11.8 Å². The average molecular weight is 226 g/mol. The van der Waals surface area contributed by atoms with E-state index in [-0.39, 0.29) is 0 Å². The molecule has 0 saturated carbocycles. The summed E-state index contributed by atoms with van der Waals surface area (Å²) in [6, 6.07) is 0. The van der Waals surface area contributed by atoms with Crippen molar-refractivity contribution in [2.75, 3.05) is 33.2 Å².